The van der Waals surface area contributed by atoms with E-state index in [1.54, 1.807) is 19.1 Å². The molecule has 0 spiro atoms. The van der Waals surface area contributed by atoms with E-state index in [1.165, 1.54) is 6.07 Å². The zero-order chi connectivity index (χ0) is 22.9. The molecule has 164 valence electrons. The van der Waals surface area contributed by atoms with Crippen LogP contribution in [-0.2, 0) is 19.2 Å². The van der Waals surface area contributed by atoms with Gasteiger partial charge in [-0.15, -0.1) is 0 Å². The van der Waals surface area contributed by atoms with Crippen molar-refractivity contribution in [3.05, 3.63) is 111 Å². The maximum absolute atomic E-state index is 12.9. The molecule has 0 aliphatic rings. The Bertz CT molecular complexity index is 1320. The molecule has 0 aliphatic heterocycles. The van der Waals surface area contributed by atoms with Crippen LogP contribution in [0.15, 0.2) is 75.9 Å². The van der Waals surface area contributed by atoms with Gasteiger partial charge in [0.1, 0.15) is 17.9 Å². The van der Waals surface area contributed by atoms with Crippen LogP contribution in [0.25, 0.3) is 11.0 Å². The Labute approximate surface area is 183 Å². The minimum Gasteiger partial charge on any atom is -0.488 e. The second-order valence-electron chi connectivity index (χ2n) is 7.71. The Hall–Kier alpha value is -3.54. The molecule has 3 nitrogen and oxygen atoms in total. The van der Waals surface area contributed by atoms with Crippen LogP contribution in [0.3, 0.4) is 0 Å². The summed E-state index contributed by atoms with van der Waals surface area (Å²) >= 11 is 0. The summed E-state index contributed by atoms with van der Waals surface area (Å²) in [6.07, 6.45) is -3.94. The fourth-order valence-electron chi connectivity index (χ4n) is 3.73. The van der Waals surface area contributed by atoms with Crippen molar-refractivity contribution in [3.8, 4) is 5.75 Å². The lowest BCUT2D eigenvalue weighted by Gasteiger charge is -2.14. The molecule has 0 bridgehead atoms. The lowest BCUT2D eigenvalue weighted by atomic mass is 9.98. The molecule has 0 N–H and O–H groups in total. The van der Waals surface area contributed by atoms with Crippen LogP contribution in [0.1, 0.15) is 33.4 Å². The maximum atomic E-state index is 12.9. The topological polar surface area (TPSA) is 39.4 Å². The van der Waals surface area contributed by atoms with Gasteiger partial charge in [-0.25, -0.2) is 4.79 Å². The predicted molar refractivity (Wildman–Crippen MR) is 117 cm³/mol. The Morgan fingerprint density at radius 3 is 2.31 bits per heavy atom. The van der Waals surface area contributed by atoms with E-state index in [0.29, 0.717) is 34.4 Å². The fraction of sp³-hybridized carbons (Fsp3) is 0.192. The van der Waals surface area contributed by atoms with Crippen LogP contribution < -0.4 is 10.4 Å². The van der Waals surface area contributed by atoms with E-state index < -0.39 is 17.4 Å². The van der Waals surface area contributed by atoms with Crippen LogP contribution >= 0.6 is 0 Å². The second-order valence-corrected chi connectivity index (χ2v) is 7.71. The standard InChI is InChI=1S/C26H21F3O3/c1-16-21-11-12-23(31-15-19-9-6-10-20(13-19)26(27,28)29)17(2)24(21)32-25(30)22(16)14-18-7-4-3-5-8-18/h3-13H,14-15H2,1-2H3. The smallest absolute Gasteiger partial charge is 0.416 e. The molecule has 0 saturated heterocycles. The lowest BCUT2D eigenvalue weighted by molar-refractivity contribution is -0.137. The number of rotatable bonds is 5. The molecule has 0 saturated carbocycles. The van der Waals surface area contributed by atoms with Gasteiger partial charge in [0.25, 0.3) is 0 Å². The molecule has 32 heavy (non-hydrogen) atoms. The number of hydrogen-bond acceptors (Lipinski definition) is 3. The van der Waals surface area contributed by atoms with Gasteiger partial charge in [0.05, 0.1) is 5.56 Å². The zero-order valence-corrected chi connectivity index (χ0v) is 17.6. The molecule has 0 fully saturated rings. The van der Waals surface area contributed by atoms with E-state index in [-0.39, 0.29) is 6.61 Å². The second kappa shape index (κ2) is 8.54. The molecule has 4 rings (SSSR count). The number of aryl methyl sites for hydroxylation is 2. The fourth-order valence-corrected chi connectivity index (χ4v) is 3.73. The first kappa shape index (κ1) is 21.7. The summed E-state index contributed by atoms with van der Waals surface area (Å²) in [7, 11) is 0. The summed E-state index contributed by atoms with van der Waals surface area (Å²) in [6.45, 7) is 3.62. The molecule has 0 amide bonds. The third kappa shape index (κ3) is 4.40. The van der Waals surface area contributed by atoms with E-state index in [4.69, 9.17) is 9.15 Å². The van der Waals surface area contributed by atoms with Gasteiger partial charge in [0.2, 0.25) is 0 Å². The van der Waals surface area contributed by atoms with Crippen LogP contribution in [-0.4, -0.2) is 0 Å². The molecule has 1 aromatic heterocycles. The first-order valence-corrected chi connectivity index (χ1v) is 10.1. The highest BCUT2D eigenvalue weighted by Gasteiger charge is 2.30. The molecule has 0 unspecified atom stereocenters. The monoisotopic (exact) mass is 438 g/mol. The van der Waals surface area contributed by atoms with Crippen molar-refractivity contribution in [2.75, 3.05) is 0 Å². The number of benzene rings is 3. The molecular formula is C26H21F3O3. The first-order valence-electron chi connectivity index (χ1n) is 10.1. The number of alkyl halides is 3. The summed E-state index contributed by atoms with van der Waals surface area (Å²) in [5, 5.41) is 0.805. The summed E-state index contributed by atoms with van der Waals surface area (Å²) in [4.78, 5) is 12.7. The van der Waals surface area contributed by atoms with Gasteiger partial charge in [-0.2, -0.15) is 13.2 Å². The van der Waals surface area contributed by atoms with Gasteiger partial charge in [-0.1, -0.05) is 42.5 Å². The highest BCUT2D eigenvalue weighted by atomic mass is 19.4. The highest BCUT2D eigenvalue weighted by Crippen LogP contribution is 2.32. The van der Waals surface area contributed by atoms with Gasteiger partial charge < -0.3 is 9.15 Å². The van der Waals surface area contributed by atoms with Gasteiger partial charge in [0, 0.05) is 22.9 Å². The van der Waals surface area contributed by atoms with Crippen molar-refractivity contribution in [3.63, 3.8) is 0 Å². The van der Waals surface area contributed by atoms with Crippen molar-refractivity contribution in [2.45, 2.75) is 33.1 Å². The number of fused-ring (bicyclic) bond motifs is 1. The van der Waals surface area contributed by atoms with Crippen molar-refractivity contribution in [1.82, 2.24) is 0 Å². The largest absolute Gasteiger partial charge is 0.488 e. The van der Waals surface area contributed by atoms with Crippen LogP contribution in [0.2, 0.25) is 0 Å². The lowest BCUT2D eigenvalue weighted by Crippen LogP contribution is -2.11. The number of ether oxygens (including phenoxy) is 1. The van der Waals surface area contributed by atoms with E-state index in [1.807, 2.05) is 43.3 Å². The summed E-state index contributed by atoms with van der Waals surface area (Å²) < 4.78 is 50.2. The van der Waals surface area contributed by atoms with E-state index in [2.05, 4.69) is 0 Å². The Kier molecular flexibility index (Phi) is 5.78. The SMILES string of the molecule is Cc1c(Cc2ccccc2)c(=O)oc2c(C)c(OCc3cccc(C(F)(F)F)c3)ccc12. The minimum absolute atomic E-state index is 0.0361. The van der Waals surface area contributed by atoms with Gasteiger partial charge in [-0.3, -0.25) is 0 Å². The Balaban J connectivity index is 1.63. The van der Waals surface area contributed by atoms with Gasteiger partial charge >= 0.3 is 11.8 Å². The molecule has 6 heteroatoms. The van der Waals surface area contributed by atoms with E-state index >= 15 is 0 Å². The summed E-state index contributed by atoms with van der Waals surface area (Å²) in [5.74, 6) is 0.452. The van der Waals surface area contributed by atoms with E-state index in [9.17, 15) is 18.0 Å². The third-order valence-corrected chi connectivity index (χ3v) is 5.53. The van der Waals surface area contributed by atoms with Crippen LogP contribution in [0.5, 0.6) is 5.75 Å². The Morgan fingerprint density at radius 1 is 0.875 bits per heavy atom. The van der Waals surface area contributed by atoms with Gasteiger partial charge in [-0.05, 0) is 54.8 Å². The number of hydrogen-bond donors (Lipinski definition) is 0. The summed E-state index contributed by atoms with van der Waals surface area (Å²) in [6, 6.07) is 18.3. The van der Waals surface area contributed by atoms with Crippen molar-refractivity contribution in [1.29, 1.82) is 0 Å². The van der Waals surface area contributed by atoms with Crippen molar-refractivity contribution < 1.29 is 22.3 Å². The maximum Gasteiger partial charge on any atom is 0.416 e. The third-order valence-electron chi connectivity index (χ3n) is 5.53. The van der Waals surface area contributed by atoms with Crippen molar-refractivity contribution in [2.24, 2.45) is 0 Å². The minimum atomic E-state index is -4.41. The molecule has 4 aromatic rings. The average molecular weight is 438 g/mol. The first-order chi connectivity index (χ1) is 15.2. The molecule has 0 radical (unpaired) electrons. The normalized spacial score (nSPS) is 11.7. The molecular weight excluding hydrogens is 417 g/mol. The Morgan fingerprint density at radius 2 is 1.59 bits per heavy atom. The van der Waals surface area contributed by atoms with Crippen LogP contribution in [0, 0.1) is 13.8 Å². The molecule has 0 atom stereocenters. The molecule has 1 heterocycles. The highest BCUT2D eigenvalue weighted by molar-refractivity contribution is 5.85. The predicted octanol–water partition coefficient (Wildman–Crippen LogP) is 6.60. The van der Waals surface area contributed by atoms with Crippen molar-refractivity contribution >= 4 is 11.0 Å². The molecule has 0 aliphatic carbocycles. The zero-order valence-electron chi connectivity index (χ0n) is 17.6. The average Bonchev–Trinajstić information content (AvgIpc) is 2.77. The summed E-state index contributed by atoms with van der Waals surface area (Å²) in [5.41, 5.74) is 2.77. The number of halogens is 3. The molecule has 3 aromatic carbocycles. The van der Waals surface area contributed by atoms with Gasteiger partial charge in [0.15, 0.2) is 0 Å². The van der Waals surface area contributed by atoms with Crippen LogP contribution in [0.4, 0.5) is 13.2 Å². The van der Waals surface area contributed by atoms with E-state index in [0.717, 1.165) is 28.6 Å². The quantitative estimate of drug-likeness (QED) is 0.330.